The van der Waals surface area contributed by atoms with Crippen LogP contribution in [0.25, 0.3) is 0 Å². The molecule has 1 rings (SSSR count). The molecule has 0 saturated heterocycles. The molecule has 5 heteroatoms. The number of carbonyl (C=O) groups is 1. The number of ether oxygens (including phenoxy) is 1. The third-order valence-corrected chi connectivity index (χ3v) is 4.46. The zero-order chi connectivity index (χ0) is 16.8. The average molecular weight is 374 g/mol. The van der Waals surface area contributed by atoms with Crippen LogP contribution in [0.1, 0.15) is 44.6 Å². The molecule has 0 aliphatic rings. The van der Waals surface area contributed by atoms with Crippen molar-refractivity contribution < 1.29 is 13.9 Å². The first-order chi connectivity index (χ1) is 10.3. The van der Waals surface area contributed by atoms with Gasteiger partial charge in [0.05, 0.1) is 17.5 Å². The van der Waals surface area contributed by atoms with Crippen LogP contribution >= 0.6 is 15.9 Å². The molecule has 0 amide bonds. The van der Waals surface area contributed by atoms with Gasteiger partial charge in [0, 0.05) is 5.56 Å². The minimum absolute atomic E-state index is 0.144. The lowest BCUT2D eigenvalue weighted by atomic mass is 9.84. The molecular weight excluding hydrogens is 349 g/mol. The summed E-state index contributed by atoms with van der Waals surface area (Å²) in [6.45, 7) is 5.26. The van der Waals surface area contributed by atoms with Gasteiger partial charge in [-0.1, -0.05) is 32.4 Å². The molecule has 1 atom stereocenters. The third-order valence-electron chi connectivity index (χ3n) is 3.84. The normalized spacial score (nSPS) is 13.0. The van der Waals surface area contributed by atoms with E-state index < -0.39 is 5.92 Å². The number of esters is 1. The number of hydrogen-bond donors (Lipinski definition) is 1. The summed E-state index contributed by atoms with van der Waals surface area (Å²) in [5.74, 6) is -1.33. The molecule has 1 N–H and O–H groups in total. The number of carbonyl (C=O) groups excluding carboxylic acids is 1. The summed E-state index contributed by atoms with van der Waals surface area (Å²) in [6, 6.07) is 5.02. The summed E-state index contributed by atoms with van der Waals surface area (Å²) in [4.78, 5) is 12.0. The van der Waals surface area contributed by atoms with E-state index in [1.807, 2.05) is 7.05 Å². The van der Waals surface area contributed by atoms with Gasteiger partial charge in [-0.2, -0.15) is 0 Å². The quantitative estimate of drug-likeness (QED) is 0.691. The van der Waals surface area contributed by atoms with Crippen LogP contribution in [0.3, 0.4) is 0 Å². The Kier molecular flexibility index (Phi) is 7.49. The number of halogens is 2. The molecule has 0 aliphatic carbocycles. The maximum Gasteiger partial charge on any atom is 0.313 e. The second kappa shape index (κ2) is 8.63. The van der Waals surface area contributed by atoms with E-state index in [0.29, 0.717) is 16.5 Å². The van der Waals surface area contributed by atoms with Crippen LogP contribution in [-0.2, 0) is 9.53 Å². The Labute approximate surface area is 140 Å². The fraction of sp³-hybridized carbons (Fsp3) is 0.588. The van der Waals surface area contributed by atoms with E-state index in [4.69, 9.17) is 4.74 Å². The predicted octanol–water partition coefficient (Wildman–Crippen LogP) is 4.26. The van der Waals surface area contributed by atoms with Gasteiger partial charge in [-0.3, -0.25) is 4.79 Å². The Balaban J connectivity index is 2.83. The zero-order valence-electron chi connectivity index (χ0n) is 13.7. The first kappa shape index (κ1) is 19.1. The summed E-state index contributed by atoms with van der Waals surface area (Å²) < 4.78 is 19.5. The molecule has 1 aromatic carbocycles. The Bertz CT molecular complexity index is 505. The molecule has 22 heavy (non-hydrogen) atoms. The van der Waals surface area contributed by atoms with E-state index in [9.17, 15) is 9.18 Å². The highest BCUT2D eigenvalue weighted by atomic mass is 79.9. The van der Waals surface area contributed by atoms with Crippen molar-refractivity contribution in [3.05, 3.63) is 34.1 Å². The Morgan fingerprint density at radius 2 is 2.14 bits per heavy atom. The van der Waals surface area contributed by atoms with Crippen molar-refractivity contribution in [2.45, 2.75) is 39.0 Å². The number of hydrogen-bond acceptors (Lipinski definition) is 3. The summed E-state index contributed by atoms with van der Waals surface area (Å²) in [6.07, 6.45) is 2.37. The minimum atomic E-state index is -0.562. The van der Waals surface area contributed by atoms with Gasteiger partial charge in [0.15, 0.2) is 0 Å². The van der Waals surface area contributed by atoms with Crippen molar-refractivity contribution in [1.29, 1.82) is 0 Å². The second-order valence-corrected chi connectivity index (χ2v) is 7.16. The molecule has 124 valence electrons. The SMILES string of the molecule is CNCC(C)(C)CCCC(C(=O)OC)c1cccc(Br)c1F. The Morgan fingerprint density at radius 3 is 2.73 bits per heavy atom. The topological polar surface area (TPSA) is 38.3 Å². The minimum Gasteiger partial charge on any atom is -0.469 e. The van der Waals surface area contributed by atoms with Gasteiger partial charge in [0.2, 0.25) is 0 Å². The molecule has 0 saturated carbocycles. The molecular formula is C17H25BrFNO2. The van der Waals surface area contributed by atoms with Gasteiger partial charge in [-0.25, -0.2) is 4.39 Å². The molecule has 3 nitrogen and oxygen atoms in total. The van der Waals surface area contributed by atoms with Crippen LogP contribution in [0.15, 0.2) is 22.7 Å². The van der Waals surface area contributed by atoms with Gasteiger partial charge in [-0.05, 0) is 53.8 Å². The fourth-order valence-corrected chi connectivity index (χ4v) is 3.07. The highest BCUT2D eigenvalue weighted by Crippen LogP contribution is 2.31. The smallest absolute Gasteiger partial charge is 0.313 e. The third kappa shape index (κ3) is 5.36. The fourth-order valence-electron chi connectivity index (χ4n) is 2.68. The van der Waals surface area contributed by atoms with Crippen LogP contribution in [0.4, 0.5) is 4.39 Å². The highest BCUT2D eigenvalue weighted by Gasteiger charge is 2.26. The number of benzene rings is 1. The van der Waals surface area contributed by atoms with E-state index in [2.05, 4.69) is 35.1 Å². The van der Waals surface area contributed by atoms with Crippen LogP contribution < -0.4 is 5.32 Å². The van der Waals surface area contributed by atoms with E-state index in [-0.39, 0.29) is 17.2 Å². The molecule has 0 aliphatic heterocycles. The Hall–Kier alpha value is -0.940. The monoisotopic (exact) mass is 373 g/mol. The first-order valence-corrected chi connectivity index (χ1v) is 8.28. The van der Waals surface area contributed by atoms with Gasteiger partial charge < -0.3 is 10.1 Å². The summed E-state index contributed by atoms with van der Waals surface area (Å²) in [5, 5.41) is 3.17. The van der Waals surface area contributed by atoms with Crippen LogP contribution in [0, 0.1) is 11.2 Å². The molecule has 0 bridgehead atoms. The average Bonchev–Trinajstić information content (AvgIpc) is 2.46. The van der Waals surface area contributed by atoms with Crippen molar-refractivity contribution >= 4 is 21.9 Å². The molecule has 1 unspecified atom stereocenters. The molecule has 0 fully saturated rings. The van der Waals surface area contributed by atoms with E-state index >= 15 is 0 Å². The molecule has 0 aromatic heterocycles. The van der Waals surface area contributed by atoms with Crippen molar-refractivity contribution in [3.63, 3.8) is 0 Å². The van der Waals surface area contributed by atoms with Crippen molar-refractivity contribution in [2.75, 3.05) is 20.7 Å². The zero-order valence-corrected chi connectivity index (χ0v) is 15.3. The van der Waals surface area contributed by atoms with Crippen molar-refractivity contribution in [2.24, 2.45) is 5.41 Å². The predicted molar refractivity (Wildman–Crippen MR) is 90.4 cm³/mol. The Morgan fingerprint density at radius 1 is 1.45 bits per heavy atom. The number of rotatable bonds is 8. The van der Waals surface area contributed by atoms with Gasteiger partial charge >= 0.3 is 5.97 Å². The van der Waals surface area contributed by atoms with Crippen LogP contribution in [0.2, 0.25) is 0 Å². The second-order valence-electron chi connectivity index (χ2n) is 6.31. The molecule has 1 aromatic rings. The summed E-state index contributed by atoms with van der Waals surface area (Å²) in [7, 11) is 3.27. The van der Waals surface area contributed by atoms with E-state index in [1.54, 1.807) is 18.2 Å². The molecule has 0 spiro atoms. The highest BCUT2D eigenvalue weighted by molar-refractivity contribution is 9.10. The van der Waals surface area contributed by atoms with E-state index in [1.165, 1.54) is 7.11 Å². The largest absolute Gasteiger partial charge is 0.469 e. The summed E-state index contributed by atoms with van der Waals surface area (Å²) >= 11 is 3.17. The molecule has 0 heterocycles. The maximum absolute atomic E-state index is 14.3. The van der Waals surface area contributed by atoms with Crippen LogP contribution in [-0.4, -0.2) is 26.7 Å². The standard InChI is InChI=1S/C17H25BrFNO2/c1-17(2,11-20-3)10-6-8-13(16(21)22-4)12-7-5-9-14(18)15(12)19/h5,7,9,13,20H,6,8,10-11H2,1-4H3. The van der Waals surface area contributed by atoms with Gasteiger partial charge in [-0.15, -0.1) is 0 Å². The lowest BCUT2D eigenvalue weighted by molar-refractivity contribution is -0.142. The maximum atomic E-state index is 14.3. The van der Waals surface area contributed by atoms with Gasteiger partial charge in [0.25, 0.3) is 0 Å². The lowest BCUT2D eigenvalue weighted by Gasteiger charge is -2.25. The van der Waals surface area contributed by atoms with Crippen molar-refractivity contribution in [1.82, 2.24) is 5.32 Å². The number of nitrogens with one attached hydrogen (secondary N) is 1. The van der Waals surface area contributed by atoms with Crippen LogP contribution in [0.5, 0.6) is 0 Å². The number of methoxy groups -OCH3 is 1. The van der Waals surface area contributed by atoms with Crippen molar-refractivity contribution in [3.8, 4) is 0 Å². The summed E-state index contributed by atoms with van der Waals surface area (Å²) in [5.41, 5.74) is 0.540. The lowest BCUT2D eigenvalue weighted by Crippen LogP contribution is -2.27. The molecule has 0 radical (unpaired) electrons. The van der Waals surface area contributed by atoms with E-state index in [0.717, 1.165) is 19.4 Å². The van der Waals surface area contributed by atoms with Gasteiger partial charge in [0.1, 0.15) is 5.82 Å². The first-order valence-electron chi connectivity index (χ1n) is 7.48.